The quantitative estimate of drug-likeness (QED) is 0.497. The fraction of sp³-hybridized carbons (Fsp3) is 0.111. The van der Waals surface area contributed by atoms with Gasteiger partial charge in [-0.05, 0) is 55.1 Å². The summed E-state index contributed by atoms with van der Waals surface area (Å²) in [5.41, 5.74) is 3.06. The third kappa shape index (κ3) is 3.10. The molecule has 0 atom stereocenters. The van der Waals surface area contributed by atoms with Crippen molar-refractivity contribution < 1.29 is 0 Å². The van der Waals surface area contributed by atoms with Gasteiger partial charge in [-0.15, -0.1) is 10.2 Å². The smallest absolute Gasteiger partial charge is 0.197 e. The predicted molar refractivity (Wildman–Crippen MR) is 99.8 cm³/mol. The van der Waals surface area contributed by atoms with Crippen molar-refractivity contribution in [1.29, 1.82) is 0 Å². The highest BCUT2D eigenvalue weighted by atomic mass is 35.5. The number of hydrogen-bond donors (Lipinski definition) is 0. The average molecular weight is 368 g/mol. The Morgan fingerprint density at radius 1 is 1.00 bits per heavy atom. The van der Waals surface area contributed by atoms with Crippen molar-refractivity contribution in [2.75, 3.05) is 0 Å². The molecule has 0 spiro atoms. The summed E-state index contributed by atoms with van der Waals surface area (Å²) in [4.78, 5) is 8.76. The Kier molecular flexibility index (Phi) is 4.15. The van der Waals surface area contributed by atoms with Crippen LogP contribution in [0, 0.1) is 6.92 Å². The Bertz CT molecular complexity index is 1060. The molecule has 124 valence electrons. The van der Waals surface area contributed by atoms with Crippen LogP contribution in [0.15, 0.2) is 59.0 Å². The van der Waals surface area contributed by atoms with Crippen LogP contribution in [0.3, 0.4) is 0 Å². The fourth-order valence-corrected chi connectivity index (χ4v) is 3.55. The highest BCUT2D eigenvalue weighted by Gasteiger charge is 2.14. The van der Waals surface area contributed by atoms with E-state index in [2.05, 4.69) is 33.2 Å². The van der Waals surface area contributed by atoms with Crippen LogP contribution in [0.25, 0.3) is 22.3 Å². The van der Waals surface area contributed by atoms with E-state index >= 15 is 0 Å². The number of aromatic nitrogens is 5. The van der Waals surface area contributed by atoms with E-state index in [1.54, 1.807) is 6.33 Å². The zero-order valence-electron chi connectivity index (χ0n) is 13.6. The van der Waals surface area contributed by atoms with Gasteiger partial charge in [-0.2, -0.15) is 0 Å². The molecule has 2 aromatic carbocycles. The first kappa shape index (κ1) is 16.1. The molecule has 2 heterocycles. The van der Waals surface area contributed by atoms with E-state index in [9.17, 15) is 0 Å². The van der Waals surface area contributed by atoms with Gasteiger partial charge in [-0.1, -0.05) is 23.2 Å². The van der Waals surface area contributed by atoms with Crippen LogP contribution in [0.5, 0.6) is 0 Å². The second-order valence-electron chi connectivity index (χ2n) is 5.67. The fourth-order valence-electron chi connectivity index (χ4n) is 2.57. The Morgan fingerprint density at radius 3 is 2.60 bits per heavy atom. The Hall–Kier alpha value is -2.44. The topological polar surface area (TPSA) is 56.5 Å². The van der Waals surface area contributed by atoms with E-state index in [-0.39, 0.29) is 0 Å². The molecule has 0 fully saturated rings. The SMILES string of the molecule is Cc1ccc2ncnc(Sc3nnc(-c4ccc(Cl)cc4)n3C)c2c1. The van der Waals surface area contributed by atoms with E-state index in [0.717, 1.165) is 32.5 Å². The molecule has 5 nitrogen and oxygen atoms in total. The number of fused-ring (bicyclic) bond motifs is 1. The minimum Gasteiger partial charge on any atom is -0.305 e. The summed E-state index contributed by atoms with van der Waals surface area (Å²) in [5.74, 6) is 0.786. The van der Waals surface area contributed by atoms with Crippen LogP contribution in [-0.2, 0) is 7.05 Å². The van der Waals surface area contributed by atoms with E-state index < -0.39 is 0 Å². The molecule has 4 rings (SSSR count). The highest BCUT2D eigenvalue weighted by molar-refractivity contribution is 7.99. The molecule has 0 aliphatic carbocycles. The molecule has 0 unspecified atom stereocenters. The maximum Gasteiger partial charge on any atom is 0.197 e. The lowest BCUT2D eigenvalue weighted by Gasteiger charge is -2.06. The second-order valence-corrected chi connectivity index (χ2v) is 7.07. The van der Waals surface area contributed by atoms with Crippen molar-refractivity contribution >= 4 is 34.3 Å². The molecule has 0 aliphatic rings. The van der Waals surface area contributed by atoms with Crippen molar-refractivity contribution in [2.45, 2.75) is 17.1 Å². The summed E-state index contributed by atoms with van der Waals surface area (Å²) >= 11 is 7.44. The van der Waals surface area contributed by atoms with Crippen LogP contribution in [0.1, 0.15) is 5.56 Å². The molecule has 25 heavy (non-hydrogen) atoms. The number of rotatable bonds is 3. The van der Waals surface area contributed by atoms with E-state index in [0.29, 0.717) is 5.02 Å². The van der Waals surface area contributed by atoms with Crippen molar-refractivity contribution in [1.82, 2.24) is 24.7 Å². The Balaban J connectivity index is 1.73. The van der Waals surface area contributed by atoms with Crippen molar-refractivity contribution in [3.05, 3.63) is 59.4 Å². The van der Waals surface area contributed by atoms with Crippen molar-refractivity contribution in [3.63, 3.8) is 0 Å². The lowest BCUT2D eigenvalue weighted by Crippen LogP contribution is -1.95. The van der Waals surface area contributed by atoms with Crippen LogP contribution in [-0.4, -0.2) is 24.7 Å². The van der Waals surface area contributed by atoms with E-state index in [4.69, 9.17) is 11.6 Å². The monoisotopic (exact) mass is 367 g/mol. The van der Waals surface area contributed by atoms with E-state index in [1.165, 1.54) is 17.3 Å². The zero-order chi connectivity index (χ0) is 17.4. The molecule has 0 amide bonds. The third-order valence-electron chi connectivity index (χ3n) is 3.88. The molecule has 0 saturated carbocycles. The van der Waals surface area contributed by atoms with Crippen LogP contribution >= 0.6 is 23.4 Å². The van der Waals surface area contributed by atoms with Gasteiger partial charge in [-0.25, -0.2) is 9.97 Å². The van der Waals surface area contributed by atoms with Gasteiger partial charge in [0, 0.05) is 23.0 Å². The van der Waals surface area contributed by atoms with Gasteiger partial charge >= 0.3 is 0 Å². The molecule has 0 saturated heterocycles. The van der Waals surface area contributed by atoms with Gasteiger partial charge in [0.1, 0.15) is 11.4 Å². The zero-order valence-corrected chi connectivity index (χ0v) is 15.2. The number of benzene rings is 2. The summed E-state index contributed by atoms with van der Waals surface area (Å²) in [7, 11) is 1.95. The normalized spacial score (nSPS) is 11.2. The van der Waals surface area contributed by atoms with Gasteiger partial charge in [-0.3, -0.25) is 0 Å². The lowest BCUT2D eigenvalue weighted by molar-refractivity contribution is 0.792. The Morgan fingerprint density at radius 2 is 1.80 bits per heavy atom. The lowest BCUT2D eigenvalue weighted by atomic mass is 10.2. The number of halogens is 1. The van der Waals surface area contributed by atoms with E-state index in [1.807, 2.05) is 48.0 Å². The summed E-state index contributed by atoms with van der Waals surface area (Å²) in [6.45, 7) is 2.06. The molecular formula is C18H14ClN5S. The second kappa shape index (κ2) is 6.46. The maximum atomic E-state index is 5.96. The number of aryl methyl sites for hydroxylation is 1. The summed E-state index contributed by atoms with van der Waals surface area (Å²) in [6.07, 6.45) is 1.58. The summed E-state index contributed by atoms with van der Waals surface area (Å²) < 4.78 is 1.96. The van der Waals surface area contributed by atoms with Gasteiger partial charge in [0.25, 0.3) is 0 Å². The standard InChI is InChI=1S/C18H14ClN5S/c1-11-3-8-15-14(9-11)17(21-10-20-15)25-18-23-22-16(24(18)2)12-4-6-13(19)7-5-12/h3-10H,1-2H3. The molecule has 7 heteroatoms. The maximum absolute atomic E-state index is 5.96. The van der Waals surface area contributed by atoms with Gasteiger partial charge in [0.05, 0.1) is 5.52 Å². The average Bonchev–Trinajstić information content (AvgIpc) is 2.97. The molecule has 0 N–H and O–H groups in total. The van der Waals surface area contributed by atoms with Gasteiger partial charge in [0.2, 0.25) is 0 Å². The number of nitrogens with zero attached hydrogens (tertiary/aromatic N) is 5. The van der Waals surface area contributed by atoms with Crippen LogP contribution in [0.2, 0.25) is 5.02 Å². The first-order valence-electron chi connectivity index (χ1n) is 7.66. The molecular weight excluding hydrogens is 354 g/mol. The van der Waals surface area contributed by atoms with Gasteiger partial charge < -0.3 is 4.57 Å². The predicted octanol–water partition coefficient (Wildman–Crippen LogP) is 4.54. The molecule has 0 radical (unpaired) electrons. The largest absolute Gasteiger partial charge is 0.305 e. The van der Waals surface area contributed by atoms with Crippen molar-refractivity contribution in [2.24, 2.45) is 7.05 Å². The first-order chi connectivity index (χ1) is 12.1. The minimum atomic E-state index is 0.698. The Labute approximate surface area is 154 Å². The molecule has 2 aromatic heterocycles. The number of hydrogen-bond acceptors (Lipinski definition) is 5. The summed E-state index contributed by atoms with van der Waals surface area (Å²) in [5, 5.41) is 12.0. The highest BCUT2D eigenvalue weighted by Crippen LogP contribution is 2.32. The van der Waals surface area contributed by atoms with Gasteiger partial charge in [0.15, 0.2) is 11.0 Å². The molecule has 0 bridgehead atoms. The van der Waals surface area contributed by atoms with Crippen LogP contribution < -0.4 is 0 Å². The first-order valence-corrected chi connectivity index (χ1v) is 8.86. The minimum absolute atomic E-state index is 0.698. The van der Waals surface area contributed by atoms with Crippen molar-refractivity contribution in [3.8, 4) is 11.4 Å². The van der Waals surface area contributed by atoms with Crippen LogP contribution in [0.4, 0.5) is 0 Å². The third-order valence-corrected chi connectivity index (χ3v) is 5.19. The summed E-state index contributed by atoms with van der Waals surface area (Å²) in [6, 6.07) is 13.7. The molecule has 4 aromatic rings. The molecule has 0 aliphatic heterocycles.